The lowest BCUT2D eigenvalue weighted by molar-refractivity contribution is -0.140. The van der Waals surface area contributed by atoms with Gasteiger partial charge in [-0.25, -0.2) is 0 Å². The van der Waals surface area contributed by atoms with Crippen molar-refractivity contribution in [2.24, 2.45) is 5.92 Å². The van der Waals surface area contributed by atoms with Gasteiger partial charge in [0.05, 0.1) is 0 Å². The van der Waals surface area contributed by atoms with Gasteiger partial charge in [-0.3, -0.25) is 14.4 Å². The summed E-state index contributed by atoms with van der Waals surface area (Å²) in [6.45, 7) is 3.92. The molecule has 1 saturated carbocycles. The summed E-state index contributed by atoms with van der Waals surface area (Å²) in [4.78, 5) is 41.1. The molecule has 0 spiro atoms. The standard InChI is InChI=1S/C23H33N3O3/c1-18(24-22(28)20-10-6-3-7-11-20)23(29)26-16-14-25(15-17-26)21(27)13-12-19-8-4-2-5-9-19/h3,6-7,10-11,18-19H,2,4-5,8-9,12-17H2,1H3,(H,24,28). The molecule has 1 aliphatic carbocycles. The molecule has 158 valence electrons. The zero-order valence-corrected chi connectivity index (χ0v) is 17.4. The Hall–Kier alpha value is -2.37. The zero-order chi connectivity index (χ0) is 20.6. The summed E-state index contributed by atoms with van der Waals surface area (Å²) in [6, 6.07) is 8.31. The second kappa shape index (κ2) is 10.4. The lowest BCUT2D eigenvalue weighted by Crippen LogP contribution is -2.55. The Morgan fingerprint density at radius 1 is 0.966 bits per heavy atom. The summed E-state index contributed by atoms with van der Waals surface area (Å²) in [5, 5.41) is 2.77. The largest absolute Gasteiger partial charge is 0.341 e. The van der Waals surface area contributed by atoms with Gasteiger partial charge in [0.15, 0.2) is 0 Å². The molecule has 0 aromatic heterocycles. The Labute approximate surface area is 173 Å². The molecule has 2 fully saturated rings. The fourth-order valence-corrected chi connectivity index (χ4v) is 4.34. The molecule has 1 aromatic carbocycles. The number of nitrogens with one attached hydrogen (secondary N) is 1. The first kappa shape index (κ1) is 21.3. The van der Waals surface area contributed by atoms with E-state index in [0.29, 0.717) is 44.1 Å². The van der Waals surface area contributed by atoms with Crippen LogP contribution in [0.3, 0.4) is 0 Å². The maximum Gasteiger partial charge on any atom is 0.251 e. The van der Waals surface area contributed by atoms with E-state index in [0.717, 1.165) is 6.42 Å². The summed E-state index contributed by atoms with van der Waals surface area (Å²) in [5.74, 6) is 0.587. The van der Waals surface area contributed by atoms with Crippen molar-refractivity contribution < 1.29 is 14.4 Å². The molecule has 0 bridgehead atoms. The van der Waals surface area contributed by atoms with Gasteiger partial charge in [-0.15, -0.1) is 0 Å². The Balaban J connectivity index is 1.40. The van der Waals surface area contributed by atoms with Gasteiger partial charge in [0.25, 0.3) is 5.91 Å². The average Bonchev–Trinajstić information content (AvgIpc) is 2.78. The molecule has 1 aliphatic heterocycles. The van der Waals surface area contributed by atoms with Gasteiger partial charge in [-0.1, -0.05) is 50.3 Å². The number of amides is 3. The molecule has 1 atom stereocenters. The van der Waals surface area contributed by atoms with Gasteiger partial charge in [0, 0.05) is 38.2 Å². The van der Waals surface area contributed by atoms with Crippen LogP contribution in [-0.4, -0.2) is 59.7 Å². The maximum atomic E-state index is 12.7. The smallest absolute Gasteiger partial charge is 0.251 e. The molecule has 3 amide bonds. The molecule has 3 rings (SSSR count). The van der Waals surface area contributed by atoms with Crippen LogP contribution in [0.4, 0.5) is 0 Å². The minimum atomic E-state index is -0.587. The van der Waals surface area contributed by atoms with E-state index in [-0.39, 0.29) is 17.7 Å². The Bertz CT molecular complexity index is 693. The summed E-state index contributed by atoms with van der Waals surface area (Å²) >= 11 is 0. The molecule has 1 heterocycles. The topological polar surface area (TPSA) is 69.7 Å². The van der Waals surface area contributed by atoms with Crippen molar-refractivity contribution in [1.29, 1.82) is 0 Å². The molecule has 1 N–H and O–H groups in total. The normalized spacial score (nSPS) is 18.9. The molecule has 1 saturated heterocycles. The van der Waals surface area contributed by atoms with E-state index in [4.69, 9.17) is 0 Å². The number of nitrogens with zero attached hydrogens (tertiary/aromatic N) is 2. The van der Waals surface area contributed by atoms with Crippen LogP contribution >= 0.6 is 0 Å². The van der Waals surface area contributed by atoms with E-state index in [1.54, 1.807) is 36.1 Å². The molecular formula is C23H33N3O3. The van der Waals surface area contributed by atoms with E-state index in [1.807, 2.05) is 11.0 Å². The minimum absolute atomic E-state index is 0.0939. The van der Waals surface area contributed by atoms with E-state index in [2.05, 4.69) is 5.32 Å². The van der Waals surface area contributed by atoms with Crippen LogP contribution in [-0.2, 0) is 9.59 Å². The fraction of sp³-hybridized carbons (Fsp3) is 0.609. The van der Waals surface area contributed by atoms with Crippen LogP contribution in [0.2, 0.25) is 0 Å². The van der Waals surface area contributed by atoms with Crippen molar-refractivity contribution in [1.82, 2.24) is 15.1 Å². The lowest BCUT2D eigenvalue weighted by Gasteiger charge is -2.36. The molecule has 0 radical (unpaired) electrons. The molecular weight excluding hydrogens is 366 g/mol. The third-order valence-corrected chi connectivity index (χ3v) is 6.19. The molecule has 6 nitrogen and oxygen atoms in total. The van der Waals surface area contributed by atoms with Gasteiger partial charge in [-0.2, -0.15) is 0 Å². The van der Waals surface area contributed by atoms with E-state index in [9.17, 15) is 14.4 Å². The van der Waals surface area contributed by atoms with Crippen molar-refractivity contribution >= 4 is 17.7 Å². The molecule has 1 unspecified atom stereocenters. The average molecular weight is 400 g/mol. The first-order valence-corrected chi connectivity index (χ1v) is 11.0. The highest BCUT2D eigenvalue weighted by molar-refractivity contribution is 5.97. The summed E-state index contributed by atoms with van der Waals surface area (Å²) in [5.41, 5.74) is 0.542. The van der Waals surface area contributed by atoms with Crippen LogP contribution in [0.5, 0.6) is 0 Å². The number of benzene rings is 1. The maximum absolute atomic E-state index is 12.7. The van der Waals surface area contributed by atoms with Gasteiger partial charge in [0.2, 0.25) is 11.8 Å². The van der Waals surface area contributed by atoms with Crippen LogP contribution in [0.25, 0.3) is 0 Å². The number of piperazine rings is 1. The Morgan fingerprint density at radius 2 is 1.59 bits per heavy atom. The predicted octanol–water partition coefficient (Wildman–Crippen LogP) is 2.84. The van der Waals surface area contributed by atoms with Gasteiger partial charge in [-0.05, 0) is 31.4 Å². The van der Waals surface area contributed by atoms with Gasteiger partial charge in [0.1, 0.15) is 6.04 Å². The van der Waals surface area contributed by atoms with E-state index in [1.165, 1.54) is 32.1 Å². The highest BCUT2D eigenvalue weighted by Crippen LogP contribution is 2.27. The number of hydrogen-bond acceptors (Lipinski definition) is 3. The fourth-order valence-electron chi connectivity index (χ4n) is 4.34. The molecule has 1 aromatic rings. The Morgan fingerprint density at radius 3 is 2.24 bits per heavy atom. The highest BCUT2D eigenvalue weighted by atomic mass is 16.2. The minimum Gasteiger partial charge on any atom is -0.341 e. The third-order valence-electron chi connectivity index (χ3n) is 6.19. The second-order valence-electron chi connectivity index (χ2n) is 8.31. The zero-order valence-electron chi connectivity index (χ0n) is 17.4. The Kier molecular flexibility index (Phi) is 7.67. The lowest BCUT2D eigenvalue weighted by atomic mass is 9.86. The summed E-state index contributed by atoms with van der Waals surface area (Å²) in [7, 11) is 0. The van der Waals surface area contributed by atoms with E-state index < -0.39 is 6.04 Å². The van der Waals surface area contributed by atoms with Gasteiger partial charge < -0.3 is 15.1 Å². The molecule has 29 heavy (non-hydrogen) atoms. The number of rotatable bonds is 6. The van der Waals surface area contributed by atoms with Crippen LogP contribution in [0, 0.1) is 5.92 Å². The van der Waals surface area contributed by atoms with Crippen molar-refractivity contribution in [2.45, 2.75) is 57.9 Å². The van der Waals surface area contributed by atoms with Crippen molar-refractivity contribution in [3.05, 3.63) is 35.9 Å². The third kappa shape index (κ3) is 6.05. The quantitative estimate of drug-likeness (QED) is 0.800. The van der Waals surface area contributed by atoms with Crippen molar-refractivity contribution in [2.75, 3.05) is 26.2 Å². The number of carbonyl (C=O) groups excluding carboxylic acids is 3. The van der Waals surface area contributed by atoms with Crippen molar-refractivity contribution in [3.8, 4) is 0 Å². The SMILES string of the molecule is CC(NC(=O)c1ccccc1)C(=O)N1CCN(C(=O)CCC2CCCCC2)CC1. The summed E-state index contributed by atoms with van der Waals surface area (Å²) < 4.78 is 0. The number of carbonyl (C=O) groups is 3. The first-order valence-electron chi connectivity index (χ1n) is 11.0. The van der Waals surface area contributed by atoms with Crippen LogP contribution in [0.1, 0.15) is 62.2 Å². The van der Waals surface area contributed by atoms with E-state index >= 15 is 0 Å². The summed E-state index contributed by atoms with van der Waals surface area (Å²) in [6.07, 6.45) is 8.11. The second-order valence-corrected chi connectivity index (χ2v) is 8.31. The van der Waals surface area contributed by atoms with Crippen LogP contribution in [0.15, 0.2) is 30.3 Å². The van der Waals surface area contributed by atoms with Crippen LogP contribution < -0.4 is 5.32 Å². The molecule has 6 heteroatoms. The highest BCUT2D eigenvalue weighted by Gasteiger charge is 2.28. The first-order chi connectivity index (χ1) is 14.0. The van der Waals surface area contributed by atoms with Crippen molar-refractivity contribution in [3.63, 3.8) is 0 Å². The number of hydrogen-bond donors (Lipinski definition) is 1. The monoisotopic (exact) mass is 399 g/mol. The predicted molar refractivity (Wildman–Crippen MR) is 112 cm³/mol. The van der Waals surface area contributed by atoms with Gasteiger partial charge >= 0.3 is 0 Å². The molecule has 2 aliphatic rings.